The summed E-state index contributed by atoms with van der Waals surface area (Å²) in [5.41, 5.74) is -0.629. The molecule has 0 spiro atoms. The lowest BCUT2D eigenvalue weighted by Gasteiger charge is -2.40. The molecule has 1 aliphatic rings. The highest BCUT2D eigenvalue weighted by Gasteiger charge is 2.38. The molecule has 0 aliphatic heterocycles. The van der Waals surface area contributed by atoms with E-state index in [1.54, 1.807) is 7.11 Å². The molecule has 0 radical (unpaired) electrons. The molecular formula is C12H24O2. The van der Waals surface area contributed by atoms with Crippen molar-refractivity contribution in [1.29, 1.82) is 0 Å². The van der Waals surface area contributed by atoms with Gasteiger partial charge in [0.15, 0.2) is 0 Å². The number of hydrogen-bond acceptors (Lipinski definition) is 2. The number of ether oxygens (including phenoxy) is 1. The zero-order chi connectivity index (χ0) is 10.6. The van der Waals surface area contributed by atoms with Crippen molar-refractivity contribution in [3.8, 4) is 0 Å². The lowest BCUT2D eigenvalue weighted by molar-refractivity contribution is -0.0885. The first-order valence-electron chi connectivity index (χ1n) is 5.83. The monoisotopic (exact) mass is 200 g/mol. The van der Waals surface area contributed by atoms with E-state index in [2.05, 4.69) is 6.92 Å². The van der Waals surface area contributed by atoms with Crippen molar-refractivity contribution in [3.05, 3.63) is 0 Å². The van der Waals surface area contributed by atoms with Gasteiger partial charge >= 0.3 is 0 Å². The van der Waals surface area contributed by atoms with Gasteiger partial charge in [-0.25, -0.2) is 0 Å². The maximum absolute atomic E-state index is 10.3. The first kappa shape index (κ1) is 12.0. The Morgan fingerprint density at radius 1 is 1.36 bits per heavy atom. The molecule has 2 heteroatoms. The lowest BCUT2D eigenvalue weighted by atomic mass is 9.70. The van der Waals surface area contributed by atoms with Crippen LogP contribution in [-0.4, -0.2) is 24.4 Å². The van der Waals surface area contributed by atoms with Crippen LogP contribution < -0.4 is 0 Å². The first-order valence-corrected chi connectivity index (χ1v) is 5.83. The van der Waals surface area contributed by atoms with Crippen LogP contribution in [0.2, 0.25) is 0 Å². The van der Waals surface area contributed by atoms with Crippen LogP contribution >= 0.6 is 0 Å². The summed E-state index contributed by atoms with van der Waals surface area (Å²) in [5.74, 6) is 1.12. The Morgan fingerprint density at radius 3 is 2.57 bits per heavy atom. The average Bonchev–Trinajstić information content (AvgIpc) is 2.18. The molecule has 0 aromatic carbocycles. The summed E-state index contributed by atoms with van der Waals surface area (Å²) in [6, 6.07) is 0. The normalized spacial score (nSPS) is 32.6. The molecule has 84 valence electrons. The number of rotatable bonds is 4. The van der Waals surface area contributed by atoms with Crippen molar-refractivity contribution < 1.29 is 9.84 Å². The molecule has 0 saturated heterocycles. The molecule has 1 N–H and O–H groups in total. The zero-order valence-corrected chi connectivity index (χ0v) is 9.75. The standard InChI is InChI=1S/C12H24O2/c1-4-10-7-5-6-8-11(10)12(2,13)9-14-3/h10-11,13H,4-9H2,1-3H3. The Morgan fingerprint density at radius 2 is 2.00 bits per heavy atom. The molecule has 3 unspecified atom stereocenters. The van der Waals surface area contributed by atoms with E-state index >= 15 is 0 Å². The Bertz CT molecular complexity index is 166. The molecule has 2 nitrogen and oxygen atoms in total. The Hall–Kier alpha value is -0.0800. The van der Waals surface area contributed by atoms with Crippen LogP contribution in [0, 0.1) is 11.8 Å². The maximum atomic E-state index is 10.3. The Kier molecular flexibility index (Phi) is 4.39. The van der Waals surface area contributed by atoms with Crippen molar-refractivity contribution >= 4 is 0 Å². The summed E-state index contributed by atoms with van der Waals surface area (Å²) in [6.45, 7) is 4.62. The topological polar surface area (TPSA) is 29.5 Å². The molecular weight excluding hydrogens is 176 g/mol. The highest BCUT2D eigenvalue weighted by Crippen LogP contribution is 2.39. The van der Waals surface area contributed by atoms with Crippen LogP contribution in [0.5, 0.6) is 0 Å². The van der Waals surface area contributed by atoms with Gasteiger partial charge in [-0.2, -0.15) is 0 Å². The third-order valence-corrected chi connectivity index (χ3v) is 3.67. The van der Waals surface area contributed by atoms with E-state index in [9.17, 15) is 5.11 Å². The van der Waals surface area contributed by atoms with E-state index in [1.807, 2.05) is 6.92 Å². The van der Waals surface area contributed by atoms with Gasteiger partial charge in [0.2, 0.25) is 0 Å². The van der Waals surface area contributed by atoms with Gasteiger partial charge in [0.1, 0.15) is 0 Å². The molecule has 0 aromatic rings. The largest absolute Gasteiger partial charge is 0.387 e. The van der Waals surface area contributed by atoms with Crippen LogP contribution in [0.1, 0.15) is 46.0 Å². The highest BCUT2D eigenvalue weighted by molar-refractivity contribution is 4.88. The van der Waals surface area contributed by atoms with E-state index in [0.29, 0.717) is 18.4 Å². The third-order valence-electron chi connectivity index (χ3n) is 3.67. The van der Waals surface area contributed by atoms with Crippen LogP contribution in [0.15, 0.2) is 0 Å². The van der Waals surface area contributed by atoms with Crippen molar-refractivity contribution in [2.75, 3.05) is 13.7 Å². The molecule has 0 heterocycles. The molecule has 1 fully saturated rings. The van der Waals surface area contributed by atoms with Crippen LogP contribution in [0.4, 0.5) is 0 Å². The zero-order valence-electron chi connectivity index (χ0n) is 9.75. The predicted molar refractivity (Wildman–Crippen MR) is 58.2 cm³/mol. The molecule has 1 saturated carbocycles. The molecule has 0 bridgehead atoms. The minimum Gasteiger partial charge on any atom is -0.387 e. The van der Waals surface area contributed by atoms with Gasteiger partial charge in [-0.15, -0.1) is 0 Å². The van der Waals surface area contributed by atoms with Crippen LogP contribution in [0.25, 0.3) is 0 Å². The van der Waals surface area contributed by atoms with Crippen molar-refractivity contribution in [2.24, 2.45) is 11.8 Å². The molecule has 1 rings (SSSR count). The van der Waals surface area contributed by atoms with Crippen LogP contribution in [-0.2, 0) is 4.74 Å². The van der Waals surface area contributed by atoms with Crippen molar-refractivity contribution in [2.45, 2.75) is 51.6 Å². The van der Waals surface area contributed by atoms with Crippen molar-refractivity contribution in [1.82, 2.24) is 0 Å². The quantitative estimate of drug-likeness (QED) is 0.756. The molecule has 0 amide bonds. The van der Waals surface area contributed by atoms with Gasteiger partial charge in [-0.3, -0.25) is 0 Å². The summed E-state index contributed by atoms with van der Waals surface area (Å²) in [7, 11) is 1.66. The third kappa shape index (κ3) is 2.71. The van der Waals surface area contributed by atoms with Gasteiger partial charge in [0.25, 0.3) is 0 Å². The highest BCUT2D eigenvalue weighted by atomic mass is 16.5. The number of hydrogen-bond donors (Lipinski definition) is 1. The average molecular weight is 200 g/mol. The van der Waals surface area contributed by atoms with E-state index in [4.69, 9.17) is 4.74 Å². The second-order valence-corrected chi connectivity index (χ2v) is 4.85. The smallest absolute Gasteiger partial charge is 0.0882 e. The fourth-order valence-corrected chi connectivity index (χ4v) is 2.91. The maximum Gasteiger partial charge on any atom is 0.0882 e. The second kappa shape index (κ2) is 5.13. The van der Waals surface area contributed by atoms with E-state index in [0.717, 1.165) is 6.42 Å². The molecule has 3 atom stereocenters. The summed E-state index contributed by atoms with van der Waals surface area (Å²) < 4.78 is 5.10. The summed E-state index contributed by atoms with van der Waals surface area (Å²) in [6.07, 6.45) is 6.22. The van der Waals surface area contributed by atoms with Crippen LogP contribution in [0.3, 0.4) is 0 Å². The molecule has 0 aromatic heterocycles. The minimum atomic E-state index is -0.629. The fourth-order valence-electron chi connectivity index (χ4n) is 2.91. The van der Waals surface area contributed by atoms with Crippen molar-refractivity contribution in [3.63, 3.8) is 0 Å². The van der Waals surface area contributed by atoms with Gasteiger partial charge in [-0.1, -0.05) is 32.6 Å². The summed E-state index contributed by atoms with van der Waals surface area (Å²) in [4.78, 5) is 0. The van der Waals surface area contributed by atoms with E-state index in [1.165, 1.54) is 25.7 Å². The Balaban J connectivity index is 2.61. The Labute approximate surface area is 87.7 Å². The first-order chi connectivity index (χ1) is 6.61. The number of aliphatic hydroxyl groups is 1. The fraction of sp³-hybridized carbons (Fsp3) is 1.00. The summed E-state index contributed by atoms with van der Waals surface area (Å²) >= 11 is 0. The predicted octanol–water partition coefficient (Wildman–Crippen LogP) is 2.60. The van der Waals surface area contributed by atoms with Gasteiger partial charge in [0, 0.05) is 7.11 Å². The SMILES string of the molecule is CCC1CCCCC1C(C)(O)COC. The second-order valence-electron chi connectivity index (χ2n) is 4.85. The minimum absolute atomic E-state index is 0.432. The lowest BCUT2D eigenvalue weighted by Crippen LogP contribution is -2.44. The van der Waals surface area contributed by atoms with Gasteiger partial charge in [-0.05, 0) is 25.2 Å². The van der Waals surface area contributed by atoms with Gasteiger partial charge < -0.3 is 9.84 Å². The molecule has 14 heavy (non-hydrogen) atoms. The molecule has 1 aliphatic carbocycles. The summed E-state index contributed by atoms with van der Waals surface area (Å²) in [5, 5.41) is 10.3. The van der Waals surface area contributed by atoms with E-state index in [-0.39, 0.29) is 0 Å². The van der Waals surface area contributed by atoms with E-state index < -0.39 is 5.60 Å². The van der Waals surface area contributed by atoms with Gasteiger partial charge in [0.05, 0.1) is 12.2 Å². The number of methoxy groups -OCH3 is 1.